The van der Waals surface area contributed by atoms with Gasteiger partial charge < -0.3 is 15.3 Å². The first kappa shape index (κ1) is 20.0. The summed E-state index contributed by atoms with van der Waals surface area (Å²) in [5.74, 6) is 1.95. The molecule has 4 heteroatoms. The Hall–Kier alpha value is -2.33. The van der Waals surface area contributed by atoms with Crippen LogP contribution in [0, 0.1) is 5.92 Å². The highest BCUT2D eigenvalue weighted by Crippen LogP contribution is 2.36. The minimum atomic E-state index is 0.385. The highest BCUT2D eigenvalue weighted by Gasteiger charge is 2.26. The van der Waals surface area contributed by atoms with Crippen molar-refractivity contribution in [3.05, 3.63) is 64.7 Å². The van der Waals surface area contributed by atoms with Gasteiger partial charge in [0, 0.05) is 12.0 Å². The van der Waals surface area contributed by atoms with Gasteiger partial charge in [-0.05, 0) is 85.8 Å². The van der Waals surface area contributed by atoms with Crippen LogP contribution in [-0.2, 0) is 24.3 Å². The zero-order valence-corrected chi connectivity index (χ0v) is 17.6. The van der Waals surface area contributed by atoms with Crippen LogP contribution < -0.4 is 10.5 Å². The Morgan fingerprint density at radius 3 is 2.79 bits per heavy atom. The Labute approximate surface area is 174 Å². The lowest BCUT2D eigenvalue weighted by molar-refractivity contribution is 0.128. The second-order valence-corrected chi connectivity index (χ2v) is 8.60. The van der Waals surface area contributed by atoms with E-state index in [1.165, 1.54) is 23.1 Å². The van der Waals surface area contributed by atoms with Crippen LogP contribution in [-0.4, -0.2) is 18.9 Å². The molecule has 29 heavy (non-hydrogen) atoms. The van der Waals surface area contributed by atoms with Crippen molar-refractivity contribution in [2.24, 2.45) is 16.8 Å². The molecule has 3 unspecified atom stereocenters. The van der Waals surface area contributed by atoms with Gasteiger partial charge in [0.25, 0.3) is 0 Å². The van der Waals surface area contributed by atoms with Crippen molar-refractivity contribution >= 4 is 5.71 Å². The van der Waals surface area contributed by atoms with E-state index >= 15 is 0 Å². The number of rotatable bonds is 6. The summed E-state index contributed by atoms with van der Waals surface area (Å²) >= 11 is 0. The standard InChI is InChI=1S/C25H32N2O2/c1-17(27-29-16-18-4-3-5-25(12-18)28-2)19-6-7-21-14-22(9-8-20(21)13-19)23-10-11-24(26)15-23/h3-5,8-9,12,14,19,23-24H,6-7,10-11,13,15-16,26H2,1-2H3/b27-17+. The molecule has 0 heterocycles. The number of aryl methyl sites for hydroxylation is 1. The average molecular weight is 393 g/mol. The van der Waals surface area contributed by atoms with E-state index in [0.717, 1.165) is 49.1 Å². The Kier molecular flexibility index (Phi) is 6.19. The van der Waals surface area contributed by atoms with Crippen molar-refractivity contribution in [1.29, 1.82) is 0 Å². The van der Waals surface area contributed by atoms with Crippen LogP contribution in [0.4, 0.5) is 0 Å². The minimum absolute atomic E-state index is 0.385. The minimum Gasteiger partial charge on any atom is -0.497 e. The molecule has 1 fully saturated rings. The van der Waals surface area contributed by atoms with Crippen molar-refractivity contribution in [2.75, 3.05) is 7.11 Å². The van der Waals surface area contributed by atoms with E-state index in [0.29, 0.717) is 24.5 Å². The molecule has 0 amide bonds. The van der Waals surface area contributed by atoms with Crippen molar-refractivity contribution < 1.29 is 9.57 Å². The molecule has 1 saturated carbocycles. The summed E-state index contributed by atoms with van der Waals surface area (Å²) in [5, 5.41) is 4.42. The molecular formula is C25H32N2O2. The lowest BCUT2D eigenvalue weighted by Crippen LogP contribution is -2.21. The fourth-order valence-electron chi connectivity index (χ4n) is 4.75. The van der Waals surface area contributed by atoms with Crippen LogP contribution in [0.3, 0.4) is 0 Å². The highest BCUT2D eigenvalue weighted by atomic mass is 16.6. The number of fused-ring (bicyclic) bond motifs is 1. The van der Waals surface area contributed by atoms with E-state index in [1.807, 2.05) is 24.3 Å². The Bertz CT molecular complexity index is 877. The van der Waals surface area contributed by atoms with Crippen molar-refractivity contribution in [3.8, 4) is 5.75 Å². The lowest BCUT2D eigenvalue weighted by Gasteiger charge is -2.25. The van der Waals surface area contributed by atoms with Crippen LogP contribution in [0.5, 0.6) is 5.75 Å². The molecule has 2 aromatic carbocycles. The summed E-state index contributed by atoms with van der Waals surface area (Å²) in [6.45, 7) is 2.56. The van der Waals surface area contributed by atoms with E-state index in [2.05, 4.69) is 30.3 Å². The van der Waals surface area contributed by atoms with Crippen LogP contribution in [0.2, 0.25) is 0 Å². The third-order valence-electron chi connectivity index (χ3n) is 6.57. The number of hydrogen-bond donors (Lipinski definition) is 1. The van der Waals surface area contributed by atoms with E-state index < -0.39 is 0 Å². The molecule has 3 atom stereocenters. The first-order chi connectivity index (χ1) is 14.1. The van der Waals surface area contributed by atoms with Gasteiger partial charge in [0.15, 0.2) is 0 Å². The molecule has 0 spiro atoms. The lowest BCUT2D eigenvalue weighted by atomic mass is 9.80. The fraction of sp³-hybridized carbons (Fsp3) is 0.480. The van der Waals surface area contributed by atoms with E-state index in [-0.39, 0.29) is 0 Å². The SMILES string of the molecule is COc1cccc(CO/N=C(\C)C2CCc3cc(C4CCC(N)C4)ccc3C2)c1. The Morgan fingerprint density at radius 2 is 2.00 bits per heavy atom. The zero-order valence-electron chi connectivity index (χ0n) is 17.6. The van der Waals surface area contributed by atoms with Gasteiger partial charge in [0.05, 0.1) is 12.8 Å². The molecule has 4 nitrogen and oxygen atoms in total. The van der Waals surface area contributed by atoms with Gasteiger partial charge in [-0.1, -0.05) is 35.5 Å². The van der Waals surface area contributed by atoms with Gasteiger partial charge in [-0.25, -0.2) is 0 Å². The molecule has 2 aromatic rings. The van der Waals surface area contributed by atoms with Crippen molar-refractivity contribution in [2.45, 2.75) is 64.0 Å². The van der Waals surface area contributed by atoms with E-state index in [9.17, 15) is 0 Å². The molecule has 0 aliphatic heterocycles. The van der Waals surface area contributed by atoms with E-state index in [4.69, 9.17) is 15.3 Å². The maximum absolute atomic E-state index is 6.11. The predicted octanol–water partition coefficient (Wildman–Crippen LogP) is 4.99. The topological polar surface area (TPSA) is 56.8 Å². The number of nitrogens with zero attached hydrogens (tertiary/aromatic N) is 1. The van der Waals surface area contributed by atoms with Gasteiger partial charge in [0.1, 0.15) is 12.4 Å². The molecule has 2 N–H and O–H groups in total. The van der Waals surface area contributed by atoms with Gasteiger partial charge in [-0.3, -0.25) is 0 Å². The summed E-state index contributed by atoms with van der Waals surface area (Å²) in [5.41, 5.74) is 12.7. The summed E-state index contributed by atoms with van der Waals surface area (Å²) < 4.78 is 5.26. The summed E-state index contributed by atoms with van der Waals surface area (Å²) in [6.07, 6.45) is 6.84. The van der Waals surface area contributed by atoms with Gasteiger partial charge in [0.2, 0.25) is 0 Å². The number of hydrogen-bond acceptors (Lipinski definition) is 4. The average Bonchev–Trinajstić information content (AvgIpc) is 3.19. The predicted molar refractivity (Wildman–Crippen MR) is 117 cm³/mol. The number of oxime groups is 1. The molecule has 2 aliphatic rings. The van der Waals surface area contributed by atoms with Crippen molar-refractivity contribution in [3.63, 3.8) is 0 Å². The second kappa shape index (κ2) is 9.00. The monoisotopic (exact) mass is 392 g/mol. The van der Waals surface area contributed by atoms with Crippen LogP contribution in [0.1, 0.15) is 60.8 Å². The van der Waals surface area contributed by atoms with Crippen LogP contribution >= 0.6 is 0 Å². The maximum atomic E-state index is 6.11. The summed E-state index contributed by atoms with van der Waals surface area (Å²) in [7, 11) is 1.68. The van der Waals surface area contributed by atoms with Gasteiger partial charge in [-0.2, -0.15) is 0 Å². The molecule has 0 radical (unpaired) electrons. The third kappa shape index (κ3) is 4.81. The largest absolute Gasteiger partial charge is 0.497 e. The first-order valence-corrected chi connectivity index (χ1v) is 10.8. The second-order valence-electron chi connectivity index (χ2n) is 8.60. The number of ether oxygens (including phenoxy) is 1. The number of methoxy groups -OCH3 is 1. The molecular weight excluding hydrogens is 360 g/mol. The van der Waals surface area contributed by atoms with Gasteiger partial charge >= 0.3 is 0 Å². The molecule has 0 bridgehead atoms. The summed E-state index contributed by atoms with van der Waals surface area (Å²) in [6, 6.07) is 15.4. The molecule has 0 aromatic heterocycles. The Balaban J connectivity index is 1.35. The van der Waals surface area contributed by atoms with Gasteiger partial charge in [-0.15, -0.1) is 0 Å². The molecule has 154 valence electrons. The zero-order chi connectivity index (χ0) is 20.2. The van der Waals surface area contributed by atoms with Crippen molar-refractivity contribution in [1.82, 2.24) is 0 Å². The van der Waals surface area contributed by atoms with Crippen LogP contribution in [0.25, 0.3) is 0 Å². The quantitative estimate of drug-likeness (QED) is 0.557. The maximum Gasteiger partial charge on any atom is 0.142 e. The van der Waals surface area contributed by atoms with E-state index in [1.54, 1.807) is 7.11 Å². The molecule has 0 saturated heterocycles. The molecule has 2 aliphatic carbocycles. The fourth-order valence-corrected chi connectivity index (χ4v) is 4.75. The molecule has 4 rings (SSSR count). The normalized spacial score (nSPS) is 24.2. The highest BCUT2D eigenvalue weighted by molar-refractivity contribution is 5.84. The third-order valence-corrected chi connectivity index (χ3v) is 6.57. The Morgan fingerprint density at radius 1 is 1.10 bits per heavy atom. The summed E-state index contributed by atoms with van der Waals surface area (Å²) in [4.78, 5) is 5.64. The van der Waals surface area contributed by atoms with Crippen LogP contribution in [0.15, 0.2) is 47.6 Å². The number of benzene rings is 2. The number of nitrogens with two attached hydrogens (primary N) is 1. The smallest absolute Gasteiger partial charge is 0.142 e. The first-order valence-electron chi connectivity index (χ1n) is 10.8.